The highest BCUT2D eigenvalue weighted by atomic mass is 19.3. The van der Waals surface area contributed by atoms with Gasteiger partial charge in [0.1, 0.15) is 17.9 Å². The van der Waals surface area contributed by atoms with Crippen molar-refractivity contribution in [1.29, 1.82) is 5.26 Å². The summed E-state index contributed by atoms with van der Waals surface area (Å²) in [4.78, 5) is 39.4. The molecule has 2 amide bonds. The largest absolute Gasteiger partial charge is 0.388 e. The Labute approximate surface area is 233 Å². The van der Waals surface area contributed by atoms with Crippen LogP contribution in [0.1, 0.15) is 77.0 Å². The highest BCUT2D eigenvalue weighted by Gasteiger charge is 2.47. The van der Waals surface area contributed by atoms with Crippen LogP contribution >= 0.6 is 0 Å². The van der Waals surface area contributed by atoms with E-state index in [9.17, 15) is 28.7 Å². The zero-order valence-corrected chi connectivity index (χ0v) is 23.3. The van der Waals surface area contributed by atoms with E-state index in [0.29, 0.717) is 5.56 Å². The molecule has 3 unspecified atom stereocenters. The highest BCUT2D eigenvalue weighted by molar-refractivity contribution is 6.03. The summed E-state index contributed by atoms with van der Waals surface area (Å²) in [5.74, 6) is -3.73. The van der Waals surface area contributed by atoms with Crippen molar-refractivity contribution in [2.75, 3.05) is 11.4 Å². The number of nitrogens with one attached hydrogen (secondary N) is 1. The fourth-order valence-corrected chi connectivity index (χ4v) is 5.32. The molecule has 2 aromatic heterocycles. The zero-order valence-electron chi connectivity index (χ0n) is 23.3. The SMILES string of the molecule is CC1(O)CC(C(=O)N(c2ccc(C(C)(C)C)cn2)C(C(=O)NC2CCC(F)(F)CC2)c2cccnc2)N(C#N)C1. The fourth-order valence-electron chi connectivity index (χ4n) is 5.32. The number of likely N-dealkylation sites (tertiary alicyclic amines) is 1. The van der Waals surface area contributed by atoms with E-state index in [1.807, 2.05) is 33.0 Å². The third kappa shape index (κ3) is 6.55. The van der Waals surface area contributed by atoms with Crippen LogP contribution in [0.4, 0.5) is 14.6 Å². The maximum absolute atomic E-state index is 14.3. The fraction of sp³-hybridized carbons (Fsp3) is 0.552. The Morgan fingerprint density at radius 2 is 1.93 bits per heavy atom. The number of β-amino-alcohol motifs (C(OH)–C–C–N with tert-alkyl or cyclic N) is 1. The second-order valence-electron chi connectivity index (χ2n) is 12.1. The van der Waals surface area contributed by atoms with Crippen LogP contribution in [0.25, 0.3) is 0 Å². The number of carbonyl (C=O) groups excluding carboxylic acids is 2. The lowest BCUT2D eigenvalue weighted by atomic mass is 9.88. The van der Waals surface area contributed by atoms with Crippen molar-refractivity contribution < 1.29 is 23.5 Å². The minimum atomic E-state index is -2.76. The van der Waals surface area contributed by atoms with Crippen molar-refractivity contribution in [2.45, 2.75) is 94.9 Å². The van der Waals surface area contributed by atoms with Crippen molar-refractivity contribution in [3.63, 3.8) is 0 Å². The van der Waals surface area contributed by atoms with Gasteiger partial charge in [-0.15, -0.1) is 0 Å². The highest BCUT2D eigenvalue weighted by Crippen LogP contribution is 2.36. The summed E-state index contributed by atoms with van der Waals surface area (Å²) in [6.07, 6.45) is 6.18. The van der Waals surface area contributed by atoms with Crippen molar-refractivity contribution in [2.24, 2.45) is 0 Å². The number of pyridine rings is 2. The van der Waals surface area contributed by atoms with Crippen LogP contribution in [0.2, 0.25) is 0 Å². The molecule has 214 valence electrons. The zero-order chi connectivity index (χ0) is 29.3. The number of aromatic nitrogens is 2. The molecule has 1 aliphatic heterocycles. The molecular formula is C29H36F2N6O3. The molecule has 2 aromatic rings. The molecule has 2 fully saturated rings. The van der Waals surface area contributed by atoms with Gasteiger partial charge >= 0.3 is 0 Å². The topological polar surface area (TPSA) is 122 Å². The van der Waals surface area contributed by atoms with Crippen molar-refractivity contribution in [3.05, 3.63) is 54.0 Å². The summed E-state index contributed by atoms with van der Waals surface area (Å²) in [6.45, 7) is 7.59. The van der Waals surface area contributed by atoms with Gasteiger partial charge in [-0.05, 0) is 42.9 Å². The lowest BCUT2D eigenvalue weighted by Crippen LogP contribution is -2.52. The van der Waals surface area contributed by atoms with Gasteiger partial charge in [-0.2, -0.15) is 5.26 Å². The number of aliphatic hydroxyl groups is 1. The predicted molar refractivity (Wildman–Crippen MR) is 144 cm³/mol. The Balaban J connectivity index is 1.77. The van der Waals surface area contributed by atoms with E-state index in [1.165, 1.54) is 22.2 Å². The lowest BCUT2D eigenvalue weighted by molar-refractivity contribution is -0.129. The summed E-state index contributed by atoms with van der Waals surface area (Å²) >= 11 is 0. The molecule has 0 radical (unpaired) electrons. The van der Waals surface area contributed by atoms with Gasteiger partial charge in [-0.1, -0.05) is 32.9 Å². The Morgan fingerprint density at radius 1 is 1.23 bits per heavy atom. The van der Waals surface area contributed by atoms with E-state index in [4.69, 9.17) is 0 Å². The van der Waals surface area contributed by atoms with Crippen LogP contribution in [0.5, 0.6) is 0 Å². The molecule has 4 rings (SSSR count). The molecule has 1 saturated carbocycles. The van der Waals surface area contributed by atoms with E-state index in [2.05, 4.69) is 15.3 Å². The molecule has 11 heteroatoms. The average molecular weight is 555 g/mol. The summed E-state index contributed by atoms with van der Waals surface area (Å²) in [5, 5.41) is 23.3. The van der Waals surface area contributed by atoms with Gasteiger partial charge < -0.3 is 10.4 Å². The molecule has 40 heavy (non-hydrogen) atoms. The Morgan fingerprint density at radius 3 is 2.48 bits per heavy atom. The van der Waals surface area contributed by atoms with E-state index in [1.54, 1.807) is 31.3 Å². The molecule has 0 aromatic carbocycles. The first-order valence-electron chi connectivity index (χ1n) is 13.5. The summed E-state index contributed by atoms with van der Waals surface area (Å²) in [7, 11) is 0. The molecule has 1 aliphatic carbocycles. The lowest BCUT2D eigenvalue weighted by Gasteiger charge is -2.35. The van der Waals surface area contributed by atoms with Crippen molar-refractivity contribution in [1.82, 2.24) is 20.2 Å². The van der Waals surface area contributed by atoms with Gasteiger partial charge in [-0.3, -0.25) is 24.4 Å². The summed E-state index contributed by atoms with van der Waals surface area (Å²) in [6, 6.07) is 4.01. The quantitative estimate of drug-likeness (QED) is 0.520. The molecule has 0 spiro atoms. The van der Waals surface area contributed by atoms with Crippen molar-refractivity contribution in [3.8, 4) is 6.19 Å². The van der Waals surface area contributed by atoms with E-state index in [-0.39, 0.29) is 49.9 Å². The Bertz CT molecular complexity index is 1250. The first kappa shape index (κ1) is 29.3. The molecule has 3 atom stereocenters. The van der Waals surface area contributed by atoms with E-state index in [0.717, 1.165) is 5.56 Å². The number of carbonyl (C=O) groups is 2. The van der Waals surface area contributed by atoms with Gasteiger partial charge in [0.2, 0.25) is 11.8 Å². The van der Waals surface area contributed by atoms with Gasteiger partial charge in [-0.25, -0.2) is 13.8 Å². The standard InChI is InChI=1S/C29H36F2N6O3/c1-27(2,3)20-7-8-23(34-16-20)37(26(39)22-14-28(4,40)17-36(22)18-32)24(19-6-5-13-33-15-19)25(38)35-21-9-11-29(30,31)12-10-21/h5-8,13,15-16,21-22,24,40H,9-12,14,17H2,1-4H3,(H,35,38). The summed E-state index contributed by atoms with van der Waals surface area (Å²) in [5.41, 5.74) is -0.197. The number of rotatable bonds is 6. The minimum Gasteiger partial charge on any atom is -0.388 e. The number of hydrogen-bond acceptors (Lipinski definition) is 7. The number of hydrogen-bond donors (Lipinski definition) is 2. The Hall–Kier alpha value is -3.65. The van der Waals surface area contributed by atoms with Gasteiger partial charge in [0, 0.05) is 49.5 Å². The average Bonchev–Trinajstić information content (AvgIpc) is 3.22. The molecule has 2 aliphatic rings. The van der Waals surface area contributed by atoms with Crippen LogP contribution in [0.15, 0.2) is 42.9 Å². The first-order valence-corrected chi connectivity index (χ1v) is 13.5. The second kappa shape index (κ2) is 11.1. The molecule has 1 saturated heterocycles. The smallest absolute Gasteiger partial charge is 0.252 e. The van der Waals surface area contributed by atoms with Crippen LogP contribution in [-0.4, -0.2) is 61.9 Å². The first-order chi connectivity index (χ1) is 18.7. The number of amides is 2. The van der Waals surface area contributed by atoms with Gasteiger partial charge in [0.15, 0.2) is 6.19 Å². The Kier molecular flexibility index (Phi) is 8.13. The molecule has 0 bridgehead atoms. The van der Waals surface area contributed by atoms with Crippen LogP contribution in [-0.2, 0) is 15.0 Å². The number of halogens is 2. The number of alkyl halides is 2. The normalized spacial score (nSPS) is 23.8. The number of nitriles is 1. The van der Waals surface area contributed by atoms with E-state index < -0.39 is 41.5 Å². The molecule has 2 N–H and O–H groups in total. The monoisotopic (exact) mass is 554 g/mol. The summed E-state index contributed by atoms with van der Waals surface area (Å²) < 4.78 is 27.6. The second-order valence-corrected chi connectivity index (χ2v) is 12.1. The molecule has 3 heterocycles. The third-order valence-corrected chi connectivity index (χ3v) is 7.60. The maximum atomic E-state index is 14.3. The van der Waals surface area contributed by atoms with Crippen LogP contribution in [0.3, 0.4) is 0 Å². The van der Waals surface area contributed by atoms with E-state index >= 15 is 0 Å². The third-order valence-electron chi connectivity index (χ3n) is 7.60. The van der Waals surface area contributed by atoms with Crippen LogP contribution < -0.4 is 10.2 Å². The van der Waals surface area contributed by atoms with Crippen molar-refractivity contribution >= 4 is 17.6 Å². The number of anilines is 1. The molecule has 9 nitrogen and oxygen atoms in total. The van der Waals surface area contributed by atoms with Gasteiger partial charge in [0.05, 0.1) is 12.1 Å². The number of nitrogens with zero attached hydrogens (tertiary/aromatic N) is 5. The predicted octanol–water partition coefficient (Wildman–Crippen LogP) is 3.85. The maximum Gasteiger partial charge on any atom is 0.252 e. The van der Waals surface area contributed by atoms with Crippen LogP contribution in [0, 0.1) is 11.5 Å². The van der Waals surface area contributed by atoms with Gasteiger partial charge in [0.25, 0.3) is 5.91 Å². The molecular weight excluding hydrogens is 518 g/mol. The minimum absolute atomic E-state index is 0.0188.